The van der Waals surface area contributed by atoms with Gasteiger partial charge < -0.3 is 15.1 Å². The number of halogens is 1. The van der Waals surface area contributed by atoms with Crippen LogP contribution in [0.2, 0.25) is 0 Å². The number of rotatable bonds is 4. The van der Waals surface area contributed by atoms with Crippen LogP contribution in [0.25, 0.3) is 11.4 Å². The smallest absolute Gasteiger partial charge is 0.256 e. The molecular weight excluding hydrogens is 441 g/mol. The molecule has 1 amide bonds. The third-order valence-corrected chi connectivity index (χ3v) is 6.56. The van der Waals surface area contributed by atoms with Gasteiger partial charge in [-0.25, -0.2) is 4.39 Å². The quantitative estimate of drug-likeness (QED) is 0.684. The van der Waals surface area contributed by atoms with Gasteiger partial charge in [0.25, 0.3) is 5.91 Å². The van der Waals surface area contributed by atoms with E-state index in [0.29, 0.717) is 36.0 Å². The first-order valence-electron chi connectivity index (χ1n) is 11.6. The largest absolute Gasteiger partial charge is 0.338 e. The highest BCUT2D eigenvalue weighted by Crippen LogP contribution is 2.32. The van der Waals surface area contributed by atoms with E-state index >= 15 is 4.39 Å². The molecule has 35 heavy (non-hydrogen) atoms. The molecule has 0 aromatic heterocycles. The van der Waals surface area contributed by atoms with E-state index in [2.05, 4.69) is 22.1 Å². The lowest BCUT2D eigenvalue weighted by Gasteiger charge is -2.32. The Balaban J connectivity index is 1.39. The molecule has 174 valence electrons. The fourth-order valence-corrected chi connectivity index (χ4v) is 4.50. The summed E-state index contributed by atoms with van der Waals surface area (Å²) in [5.74, 6) is -0.829. The Hall–Kier alpha value is -4.24. The van der Waals surface area contributed by atoms with E-state index in [1.807, 2.05) is 42.4 Å². The molecule has 0 bridgehead atoms. The van der Waals surface area contributed by atoms with Gasteiger partial charge in [-0.3, -0.25) is 9.79 Å². The zero-order valence-corrected chi connectivity index (χ0v) is 19.3. The number of amides is 1. The zero-order valence-electron chi connectivity index (χ0n) is 19.3. The van der Waals surface area contributed by atoms with Gasteiger partial charge in [-0.15, -0.1) is 0 Å². The van der Waals surface area contributed by atoms with Crippen molar-refractivity contribution in [3.05, 3.63) is 100 Å². The van der Waals surface area contributed by atoms with Gasteiger partial charge in [-0.05, 0) is 61.9 Å². The van der Waals surface area contributed by atoms with Gasteiger partial charge in [0.1, 0.15) is 11.5 Å². The molecule has 0 unspecified atom stereocenters. The highest BCUT2D eigenvalue weighted by atomic mass is 19.1. The summed E-state index contributed by atoms with van der Waals surface area (Å²) < 4.78 is 15.1. The summed E-state index contributed by atoms with van der Waals surface area (Å²) in [5, 5.41) is 12.3. The molecule has 3 aliphatic rings. The van der Waals surface area contributed by atoms with Crippen LogP contribution in [0.5, 0.6) is 0 Å². The van der Waals surface area contributed by atoms with Gasteiger partial charge in [-0.2, -0.15) is 5.26 Å². The summed E-state index contributed by atoms with van der Waals surface area (Å²) in [5.41, 5.74) is 7.56. The Bertz CT molecular complexity index is 1370. The van der Waals surface area contributed by atoms with Crippen LogP contribution >= 0.6 is 0 Å². The molecule has 2 aromatic carbocycles. The van der Waals surface area contributed by atoms with Crippen LogP contribution in [0, 0.1) is 17.1 Å². The van der Waals surface area contributed by atoms with Crippen LogP contribution in [-0.2, 0) is 0 Å². The van der Waals surface area contributed by atoms with Crippen LogP contribution in [0.3, 0.4) is 0 Å². The third kappa shape index (κ3) is 4.45. The van der Waals surface area contributed by atoms with Crippen molar-refractivity contribution in [3.63, 3.8) is 0 Å². The number of likely N-dealkylation sites (tertiary alicyclic amines) is 1. The van der Waals surface area contributed by atoms with Gasteiger partial charge in [0, 0.05) is 30.9 Å². The number of carbonyl (C=O) groups is 1. The van der Waals surface area contributed by atoms with Crippen LogP contribution in [0.4, 0.5) is 4.39 Å². The van der Waals surface area contributed by atoms with Gasteiger partial charge >= 0.3 is 0 Å². The molecule has 6 nitrogen and oxygen atoms in total. The number of nitrogens with one attached hydrogen (secondary N) is 1. The van der Waals surface area contributed by atoms with E-state index in [9.17, 15) is 4.79 Å². The first kappa shape index (κ1) is 22.5. The van der Waals surface area contributed by atoms with Crippen molar-refractivity contribution in [2.24, 2.45) is 4.99 Å². The zero-order chi connectivity index (χ0) is 24.4. The molecule has 0 radical (unpaired) electrons. The molecule has 5 rings (SSSR count). The van der Waals surface area contributed by atoms with Crippen LogP contribution in [0.1, 0.15) is 39.9 Å². The number of piperidine rings is 1. The molecule has 3 heterocycles. The van der Waals surface area contributed by atoms with Crippen molar-refractivity contribution in [2.45, 2.75) is 18.9 Å². The average Bonchev–Trinajstić information content (AvgIpc) is 2.92. The molecule has 7 heteroatoms. The van der Waals surface area contributed by atoms with Gasteiger partial charge in [0.2, 0.25) is 0 Å². The average molecular weight is 466 g/mol. The van der Waals surface area contributed by atoms with Crippen molar-refractivity contribution in [2.75, 3.05) is 20.1 Å². The molecule has 0 spiro atoms. The summed E-state index contributed by atoms with van der Waals surface area (Å²) in [4.78, 5) is 21.1. The standard InChI is InChI=1S/C28H24FN5O/c1-31-22-11-13-33(14-12-22)28(35)24-10-9-21(15-25(24)29)26-18-34-23(17-32-26)3-2-4-27(34)20-7-5-19(16-30)6-8-20/h2,4-10,15,17-18,22,31H,11-14H2,1H3. The minimum Gasteiger partial charge on any atom is -0.338 e. The van der Waals surface area contributed by atoms with Crippen molar-refractivity contribution in [3.8, 4) is 6.07 Å². The molecule has 1 N–H and O–H groups in total. The predicted octanol–water partition coefficient (Wildman–Crippen LogP) is 4.30. The molecular formula is C28H24FN5O. The van der Waals surface area contributed by atoms with E-state index in [1.165, 1.54) is 6.07 Å². The number of nitriles is 1. The summed E-state index contributed by atoms with van der Waals surface area (Å²) in [6, 6.07) is 14.5. The van der Waals surface area contributed by atoms with Gasteiger partial charge in [0.05, 0.1) is 34.8 Å². The first-order chi connectivity index (χ1) is 17.1. The number of fused-ring (bicyclic) bond motifs is 1. The maximum Gasteiger partial charge on any atom is 0.256 e. The second-order valence-corrected chi connectivity index (χ2v) is 8.63. The van der Waals surface area contributed by atoms with E-state index < -0.39 is 5.82 Å². The normalized spacial score (nSPS) is 17.3. The molecule has 3 aliphatic heterocycles. The van der Waals surface area contributed by atoms with E-state index in [-0.39, 0.29) is 11.5 Å². The predicted molar refractivity (Wildman–Crippen MR) is 133 cm³/mol. The minimum atomic E-state index is -0.554. The Morgan fingerprint density at radius 3 is 2.60 bits per heavy atom. The second-order valence-electron chi connectivity index (χ2n) is 8.63. The highest BCUT2D eigenvalue weighted by molar-refractivity contribution is 5.96. The molecule has 1 saturated heterocycles. The number of hydrogen-bond acceptors (Lipinski definition) is 5. The summed E-state index contributed by atoms with van der Waals surface area (Å²) in [6.45, 7) is 1.23. The van der Waals surface area contributed by atoms with Crippen molar-refractivity contribution >= 4 is 23.5 Å². The fraction of sp³-hybridized carbons (Fsp3) is 0.214. The van der Waals surface area contributed by atoms with E-state index in [4.69, 9.17) is 5.26 Å². The number of nitrogens with zero attached hydrogens (tertiary/aromatic N) is 4. The number of hydrogen-bond donors (Lipinski definition) is 1. The van der Waals surface area contributed by atoms with Crippen LogP contribution in [-0.4, -0.2) is 48.1 Å². The Morgan fingerprint density at radius 2 is 1.91 bits per heavy atom. The summed E-state index contributed by atoms with van der Waals surface area (Å²) in [6.07, 6.45) is 8.99. The molecule has 0 saturated carbocycles. The fourth-order valence-electron chi connectivity index (χ4n) is 4.50. The van der Waals surface area contributed by atoms with Gasteiger partial charge in [0.15, 0.2) is 0 Å². The highest BCUT2D eigenvalue weighted by Gasteiger charge is 2.25. The van der Waals surface area contributed by atoms with Crippen molar-refractivity contribution in [1.29, 1.82) is 5.26 Å². The van der Waals surface area contributed by atoms with Crippen LogP contribution in [0.15, 0.2) is 77.2 Å². The van der Waals surface area contributed by atoms with E-state index in [1.54, 1.807) is 35.4 Å². The first-order valence-corrected chi connectivity index (χ1v) is 11.6. The number of allylic oxidation sites excluding steroid dienone is 2. The topological polar surface area (TPSA) is 71.7 Å². The number of carbonyl (C=O) groups excluding carboxylic acids is 1. The lowest BCUT2D eigenvalue weighted by molar-refractivity contribution is 0.0702. The molecule has 0 atom stereocenters. The van der Waals surface area contributed by atoms with Crippen molar-refractivity contribution < 1.29 is 9.18 Å². The number of aliphatic imine (C=N–C) groups is 1. The summed E-state index contributed by atoms with van der Waals surface area (Å²) in [7, 11) is 1.92. The second kappa shape index (κ2) is 9.55. The molecule has 1 fully saturated rings. The minimum absolute atomic E-state index is 0.0803. The Kier molecular flexibility index (Phi) is 6.15. The van der Waals surface area contributed by atoms with Gasteiger partial charge in [-0.1, -0.05) is 23.9 Å². The Morgan fingerprint density at radius 1 is 1.17 bits per heavy atom. The molecule has 2 aromatic rings. The third-order valence-electron chi connectivity index (χ3n) is 6.56. The summed E-state index contributed by atoms with van der Waals surface area (Å²) >= 11 is 0. The molecule has 0 aliphatic carbocycles. The lowest BCUT2D eigenvalue weighted by Crippen LogP contribution is -2.44. The number of benzene rings is 2. The maximum atomic E-state index is 15.1. The SMILES string of the molecule is CNC1CCN(C(=O)c2ccc(C3=CN4C(=C=CC=C4c4ccc(C#N)cc4)C=N3)cc2F)CC1. The Labute approximate surface area is 203 Å². The van der Waals surface area contributed by atoms with E-state index in [0.717, 1.165) is 29.8 Å². The maximum absolute atomic E-state index is 15.1. The lowest BCUT2D eigenvalue weighted by atomic mass is 10.0. The van der Waals surface area contributed by atoms with Crippen molar-refractivity contribution in [1.82, 2.24) is 15.1 Å². The monoisotopic (exact) mass is 465 g/mol. The van der Waals surface area contributed by atoms with Crippen LogP contribution < -0.4 is 5.32 Å².